The van der Waals surface area contributed by atoms with Gasteiger partial charge in [-0.1, -0.05) is 0 Å². The van der Waals surface area contributed by atoms with Crippen molar-refractivity contribution in [2.75, 3.05) is 13.7 Å². The zero-order chi connectivity index (χ0) is 11.5. The molecule has 1 aromatic heterocycles. The quantitative estimate of drug-likeness (QED) is 0.854. The number of hydrogen-bond acceptors (Lipinski definition) is 2. The lowest BCUT2D eigenvalue weighted by Gasteiger charge is -2.06. The molecule has 0 aliphatic rings. The third-order valence-corrected chi connectivity index (χ3v) is 2.91. The highest BCUT2D eigenvalue weighted by Gasteiger charge is 2.07. The molecule has 1 aromatic carbocycles. The van der Waals surface area contributed by atoms with Gasteiger partial charge < -0.3 is 15.0 Å². The molecule has 0 bridgehead atoms. The Morgan fingerprint density at radius 2 is 2.12 bits per heavy atom. The van der Waals surface area contributed by atoms with Gasteiger partial charge >= 0.3 is 0 Å². The van der Waals surface area contributed by atoms with Gasteiger partial charge in [0.15, 0.2) is 0 Å². The average molecular weight is 218 g/mol. The van der Waals surface area contributed by atoms with Crippen molar-refractivity contribution in [1.29, 1.82) is 0 Å². The fourth-order valence-electron chi connectivity index (χ4n) is 2.16. The van der Waals surface area contributed by atoms with E-state index in [0.717, 1.165) is 18.7 Å². The maximum atomic E-state index is 5.62. The lowest BCUT2D eigenvalue weighted by Crippen LogP contribution is -2.07. The van der Waals surface area contributed by atoms with E-state index in [0.29, 0.717) is 6.54 Å². The van der Waals surface area contributed by atoms with Crippen molar-refractivity contribution in [3.05, 3.63) is 30.0 Å². The zero-order valence-electron chi connectivity index (χ0n) is 9.86. The van der Waals surface area contributed by atoms with Gasteiger partial charge in [0.1, 0.15) is 5.75 Å². The van der Waals surface area contributed by atoms with Crippen LogP contribution in [0.2, 0.25) is 0 Å². The minimum absolute atomic E-state index is 0.688. The highest BCUT2D eigenvalue weighted by molar-refractivity contribution is 5.83. The van der Waals surface area contributed by atoms with E-state index >= 15 is 0 Å². The van der Waals surface area contributed by atoms with Crippen LogP contribution in [-0.4, -0.2) is 18.2 Å². The molecule has 0 aliphatic heterocycles. The Labute approximate surface area is 95.8 Å². The van der Waals surface area contributed by atoms with Gasteiger partial charge in [-0.15, -0.1) is 0 Å². The molecular formula is C13H18N2O. The fraction of sp³-hybridized carbons (Fsp3) is 0.385. The Morgan fingerprint density at radius 3 is 2.75 bits per heavy atom. The monoisotopic (exact) mass is 218 g/mol. The van der Waals surface area contributed by atoms with Crippen LogP contribution in [0.1, 0.15) is 12.6 Å². The minimum atomic E-state index is 0.688. The molecule has 0 unspecified atom stereocenters. The third-order valence-electron chi connectivity index (χ3n) is 2.91. The standard InChI is InChI=1S/C13H18N2O/c1-3-15-11(6-7-14)8-10-9-12(16-2)4-5-13(10)15/h4-5,8-9H,3,6-7,14H2,1-2H3. The van der Waals surface area contributed by atoms with Crippen LogP contribution in [0.3, 0.4) is 0 Å². The van der Waals surface area contributed by atoms with Crippen molar-refractivity contribution in [2.24, 2.45) is 5.73 Å². The summed E-state index contributed by atoms with van der Waals surface area (Å²) >= 11 is 0. The van der Waals surface area contributed by atoms with Crippen molar-refractivity contribution < 1.29 is 4.74 Å². The van der Waals surface area contributed by atoms with Gasteiger partial charge in [-0.05, 0) is 44.2 Å². The van der Waals surface area contributed by atoms with Gasteiger partial charge in [0.25, 0.3) is 0 Å². The van der Waals surface area contributed by atoms with E-state index in [1.165, 1.54) is 16.6 Å². The molecule has 0 fully saturated rings. The van der Waals surface area contributed by atoms with Gasteiger partial charge in [-0.25, -0.2) is 0 Å². The molecule has 1 heterocycles. The molecule has 0 aliphatic carbocycles. The molecule has 0 amide bonds. The van der Waals surface area contributed by atoms with E-state index in [1.54, 1.807) is 7.11 Å². The molecule has 3 heteroatoms. The van der Waals surface area contributed by atoms with Crippen LogP contribution < -0.4 is 10.5 Å². The summed E-state index contributed by atoms with van der Waals surface area (Å²) in [6.45, 7) is 3.82. The lowest BCUT2D eigenvalue weighted by molar-refractivity contribution is 0.415. The van der Waals surface area contributed by atoms with Gasteiger partial charge in [0.2, 0.25) is 0 Å². The van der Waals surface area contributed by atoms with E-state index in [-0.39, 0.29) is 0 Å². The smallest absolute Gasteiger partial charge is 0.119 e. The normalized spacial score (nSPS) is 10.9. The summed E-state index contributed by atoms with van der Waals surface area (Å²) in [5, 5.41) is 1.23. The van der Waals surface area contributed by atoms with E-state index in [9.17, 15) is 0 Å². The fourth-order valence-corrected chi connectivity index (χ4v) is 2.16. The van der Waals surface area contributed by atoms with Crippen LogP contribution in [0.25, 0.3) is 10.9 Å². The van der Waals surface area contributed by atoms with Gasteiger partial charge in [-0.3, -0.25) is 0 Å². The molecule has 0 saturated heterocycles. The van der Waals surface area contributed by atoms with Crippen LogP contribution in [0.15, 0.2) is 24.3 Å². The Balaban J connectivity index is 2.57. The Morgan fingerprint density at radius 1 is 1.31 bits per heavy atom. The number of methoxy groups -OCH3 is 1. The van der Waals surface area contributed by atoms with Crippen molar-refractivity contribution in [1.82, 2.24) is 4.57 Å². The number of benzene rings is 1. The maximum Gasteiger partial charge on any atom is 0.119 e. The molecule has 2 aromatic rings. The number of aromatic nitrogens is 1. The number of ether oxygens (including phenoxy) is 1. The Bertz CT molecular complexity index is 488. The second kappa shape index (κ2) is 4.58. The van der Waals surface area contributed by atoms with Crippen LogP contribution in [0.5, 0.6) is 5.75 Å². The zero-order valence-corrected chi connectivity index (χ0v) is 9.86. The molecule has 0 radical (unpaired) electrons. The topological polar surface area (TPSA) is 40.2 Å². The largest absolute Gasteiger partial charge is 0.497 e. The molecule has 3 nitrogen and oxygen atoms in total. The molecule has 0 saturated carbocycles. The first kappa shape index (κ1) is 11.0. The summed E-state index contributed by atoms with van der Waals surface area (Å²) in [5.41, 5.74) is 8.18. The van der Waals surface area contributed by atoms with Gasteiger partial charge in [0, 0.05) is 23.1 Å². The molecule has 2 rings (SSSR count). The van der Waals surface area contributed by atoms with Gasteiger partial charge in [0.05, 0.1) is 7.11 Å². The summed E-state index contributed by atoms with van der Waals surface area (Å²) in [6.07, 6.45) is 0.921. The first-order valence-electron chi connectivity index (χ1n) is 5.66. The highest BCUT2D eigenvalue weighted by Crippen LogP contribution is 2.24. The molecule has 86 valence electrons. The maximum absolute atomic E-state index is 5.62. The number of aryl methyl sites for hydroxylation is 1. The number of fused-ring (bicyclic) bond motifs is 1. The predicted molar refractivity (Wildman–Crippen MR) is 66.9 cm³/mol. The SMILES string of the molecule is CCn1c(CCN)cc2cc(OC)ccc21. The lowest BCUT2D eigenvalue weighted by atomic mass is 10.2. The molecule has 16 heavy (non-hydrogen) atoms. The van der Waals surface area contributed by atoms with Crippen molar-refractivity contribution >= 4 is 10.9 Å². The van der Waals surface area contributed by atoms with Crippen molar-refractivity contribution in [3.63, 3.8) is 0 Å². The van der Waals surface area contributed by atoms with Crippen molar-refractivity contribution in [2.45, 2.75) is 19.9 Å². The predicted octanol–water partition coefficient (Wildman–Crippen LogP) is 2.17. The summed E-state index contributed by atoms with van der Waals surface area (Å²) in [5.74, 6) is 0.903. The first-order chi connectivity index (χ1) is 7.80. The second-order valence-electron chi connectivity index (χ2n) is 3.84. The van der Waals surface area contributed by atoms with E-state index < -0.39 is 0 Å². The Kier molecular flexibility index (Phi) is 3.15. The van der Waals surface area contributed by atoms with Crippen LogP contribution in [0.4, 0.5) is 0 Å². The average Bonchev–Trinajstić information content (AvgIpc) is 2.65. The third kappa shape index (κ3) is 1.78. The molecule has 2 N–H and O–H groups in total. The summed E-state index contributed by atoms with van der Waals surface area (Å²) in [7, 11) is 1.69. The first-order valence-corrected chi connectivity index (χ1v) is 5.66. The molecule has 0 spiro atoms. The van der Waals surface area contributed by atoms with Crippen molar-refractivity contribution in [3.8, 4) is 5.75 Å². The molecule has 0 atom stereocenters. The number of nitrogens with two attached hydrogens (primary N) is 1. The summed E-state index contributed by atoms with van der Waals surface area (Å²) in [4.78, 5) is 0. The minimum Gasteiger partial charge on any atom is -0.497 e. The van der Waals surface area contributed by atoms with Crippen LogP contribution >= 0.6 is 0 Å². The summed E-state index contributed by atoms with van der Waals surface area (Å²) < 4.78 is 7.54. The van der Waals surface area contributed by atoms with Crippen LogP contribution in [-0.2, 0) is 13.0 Å². The number of nitrogens with zero attached hydrogens (tertiary/aromatic N) is 1. The number of rotatable bonds is 4. The molecular weight excluding hydrogens is 200 g/mol. The summed E-state index contributed by atoms with van der Waals surface area (Å²) in [6, 6.07) is 8.38. The highest BCUT2D eigenvalue weighted by atomic mass is 16.5. The van der Waals surface area contributed by atoms with E-state index in [2.05, 4.69) is 29.7 Å². The number of hydrogen-bond donors (Lipinski definition) is 1. The second-order valence-corrected chi connectivity index (χ2v) is 3.84. The Hall–Kier alpha value is -1.48. The van der Waals surface area contributed by atoms with E-state index in [4.69, 9.17) is 10.5 Å². The van der Waals surface area contributed by atoms with E-state index in [1.807, 2.05) is 6.07 Å². The van der Waals surface area contributed by atoms with Crippen LogP contribution in [0, 0.1) is 0 Å². The van der Waals surface area contributed by atoms with Gasteiger partial charge in [-0.2, -0.15) is 0 Å².